The van der Waals surface area contributed by atoms with Crippen molar-refractivity contribution in [3.8, 4) is 22.7 Å². The van der Waals surface area contributed by atoms with Crippen molar-refractivity contribution in [3.63, 3.8) is 0 Å². The summed E-state index contributed by atoms with van der Waals surface area (Å²) in [5.41, 5.74) is 2.10. The molecule has 0 aliphatic heterocycles. The van der Waals surface area contributed by atoms with Gasteiger partial charge < -0.3 is 4.74 Å². The Balaban J connectivity index is 1.51. The van der Waals surface area contributed by atoms with E-state index in [0.29, 0.717) is 16.8 Å². The molecule has 0 spiro atoms. The van der Waals surface area contributed by atoms with E-state index in [2.05, 4.69) is 10.1 Å². The van der Waals surface area contributed by atoms with Crippen molar-refractivity contribution in [3.05, 3.63) is 137 Å². The van der Waals surface area contributed by atoms with Crippen LogP contribution in [0.4, 0.5) is 5.69 Å². The third kappa shape index (κ3) is 5.18. The van der Waals surface area contributed by atoms with E-state index in [1.165, 1.54) is 12.1 Å². The van der Waals surface area contributed by atoms with E-state index >= 15 is 0 Å². The quantitative estimate of drug-likeness (QED) is 0.197. The lowest BCUT2D eigenvalue weighted by Crippen LogP contribution is -2.28. The maximum Gasteiger partial charge on any atom is 0.311 e. The second-order valence-electron chi connectivity index (χ2n) is 9.22. The van der Waals surface area contributed by atoms with Crippen molar-refractivity contribution in [2.24, 2.45) is 0 Å². The molecule has 3 heterocycles. The summed E-state index contributed by atoms with van der Waals surface area (Å²) in [6.07, 6.45) is 3.62. The predicted molar refractivity (Wildman–Crippen MR) is 158 cm³/mol. The molecule has 0 atom stereocenters. The van der Waals surface area contributed by atoms with E-state index in [9.17, 15) is 19.7 Å². The number of hydrogen-bond acceptors (Lipinski definition) is 9. The highest BCUT2D eigenvalue weighted by molar-refractivity contribution is 7.15. The minimum atomic E-state index is -0.505. The van der Waals surface area contributed by atoms with Crippen molar-refractivity contribution in [1.29, 1.82) is 0 Å². The van der Waals surface area contributed by atoms with Gasteiger partial charge in [0.15, 0.2) is 5.75 Å². The van der Waals surface area contributed by atoms with Crippen LogP contribution in [0.15, 0.2) is 94.6 Å². The summed E-state index contributed by atoms with van der Waals surface area (Å²) >= 11 is 1.03. The Morgan fingerprint density at radius 1 is 1.00 bits per heavy atom. The fraction of sp³-hybridized carbons (Fsp3) is 0.100. The zero-order chi connectivity index (χ0) is 29.2. The molecule has 11 nitrogen and oxygen atoms in total. The molecule has 0 unspecified atom stereocenters. The van der Waals surface area contributed by atoms with E-state index < -0.39 is 16.0 Å². The molecule has 208 valence electrons. The van der Waals surface area contributed by atoms with Crippen molar-refractivity contribution >= 4 is 28.1 Å². The maximum atomic E-state index is 13.4. The molecule has 6 rings (SSSR count). The van der Waals surface area contributed by atoms with Gasteiger partial charge in [-0.2, -0.15) is 19.7 Å². The Morgan fingerprint density at radius 2 is 1.74 bits per heavy atom. The van der Waals surface area contributed by atoms with Crippen molar-refractivity contribution in [2.45, 2.75) is 13.3 Å². The average Bonchev–Trinajstić information content (AvgIpc) is 3.55. The molecule has 0 aliphatic carbocycles. The number of nitro benzene ring substituents is 1. The zero-order valence-electron chi connectivity index (χ0n) is 22.2. The number of para-hydroxylation sites is 1. The minimum absolute atomic E-state index is 0.152. The summed E-state index contributed by atoms with van der Waals surface area (Å²) in [6.45, 7) is 2.03. The van der Waals surface area contributed by atoms with Crippen LogP contribution in [0.2, 0.25) is 0 Å². The fourth-order valence-corrected chi connectivity index (χ4v) is 5.39. The van der Waals surface area contributed by atoms with E-state index in [-0.39, 0.29) is 39.7 Å². The van der Waals surface area contributed by atoms with Crippen LogP contribution in [0.25, 0.3) is 28.0 Å². The number of thiazole rings is 1. The van der Waals surface area contributed by atoms with Gasteiger partial charge in [0.05, 0.1) is 21.7 Å². The fourth-order valence-electron chi connectivity index (χ4n) is 4.50. The van der Waals surface area contributed by atoms with Crippen molar-refractivity contribution in [1.82, 2.24) is 24.4 Å². The van der Waals surface area contributed by atoms with Gasteiger partial charge in [-0.25, -0.2) is 4.68 Å². The SMILES string of the molecule is CCOc1ccc(-c2nn(-c3ccccc3)cc2/C=c2\sc3nc(=O)c(Cc4ccccc4)nn3c2=O)cc1[N+](=O)[O-]. The van der Waals surface area contributed by atoms with Crippen molar-refractivity contribution in [2.75, 3.05) is 6.61 Å². The molecule has 3 aromatic carbocycles. The summed E-state index contributed by atoms with van der Waals surface area (Å²) in [7, 11) is 0. The van der Waals surface area contributed by atoms with Gasteiger partial charge in [0.1, 0.15) is 11.4 Å². The number of hydrogen-bond donors (Lipinski definition) is 0. The van der Waals surface area contributed by atoms with E-state index in [4.69, 9.17) is 9.84 Å². The van der Waals surface area contributed by atoms with Crippen LogP contribution < -0.4 is 20.4 Å². The van der Waals surface area contributed by atoms with Gasteiger partial charge in [0.25, 0.3) is 11.1 Å². The molecule has 0 amide bonds. The first kappa shape index (κ1) is 26.7. The Labute approximate surface area is 241 Å². The molecule has 6 aromatic rings. The van der Waals surface area contributed by atoms with E-state index in [1.54, 1.807) is 29.9 Å². The number of benzene rings is 3. The third-order valence-electron chi connectivity index (χ3n) is 6.44. The highest BCUT2D eigenvalue weighted by atomic mass is 32.1. The summed E-state index contributed by atoms with van der Waals surface area (Å²) in [4.78, 5) is 41.7. The Morgan fingerprint density at radius 3 is 2.45 bits per heavy atom. The molecule has 0 radical (unpaired) electrons. The first-order chi connectivity index (χ1) is 20.4. The standard InChI is InChI=1S/C30H22N6O5S/c1-2-41-25-14-13-20(16-24(25)36(39)40)27-21(18-34(33-27)22-11-7-4-8-12-22)17-26-29(38)35-30(42-26)31-28(37)23(32-35)15-19-9-5-3-6-10-19/h3-14,16-18H,2,15H2,1H3/b26-17-. The highest BCUT2D eigenvalue weighted by Gasteiger charge is 2.20. The summed E-state index contributed by atoms with van der Waals surface area (Å²) in [5.74, 6) is 0.152. The summed E-state index contributed by atoms with van der Waals surface area (Å²) in [6, 6.07) is 23.3. The van der Waals surface area contributed by atoms with Crippen LogP contribution in [0.5, 0.6) is 5.75 Å². The van der Waals surface area contributed by atoms with Crippen molar-refractivity contribution < 1.29 is 9.66 Å². The van der Waals surface area contributed by atoms with Crippen LogP contribution in [-0.4, -0.2) is 35.9 Å². The molecular weight excluding hydrogens is 556 g/mol. The van der Waals surface area contributed by atoms with Gasteiger partial charge in [0.2, 0.25) is 4.96 Å². The topological polar surface area (TPSA) is 135 Å². The monoisotopic (exact) mass is 578 g/mol. The van der Waals surface area contributed by atoms with Crippen LogP contribution >= 0.6 is 11.3 Å². The molecule has 0 saturated heterocycles. The van der Waals surface area contributed by atoms with Gasteiger partial charge in [-0.05, 0) is 42.8 Å². The van der Waals surface area contributed by atoms with Crippen LogP contribution in [-0.2, 0) is 6.42 Å². The lowest BCUT2D eigenvalue weighted by Gasteiger charge is -2.06. The zero-order valence-corrected chi connectivity index (χ0v) is 23.0. The Bertz CT molecular complexity index is 2110. The molecule has 0 fully saturated rings. The number of fused-ring (bicyclic) bond motifs is 1. The normalized spacial score (nSPS) is 11.7. The Hall–Kier alpha value is -5.49. The molecule has 0 aliphatic rings. The minimum Gasteiger partial charge on any atom is -0.487 e. The average molecular weight is 579 g/mol. The van der Waals surface area contributed by atoms with Gasteiger partial charge in [-0.1, -0.05) is 59.9 Å². The third-order valence-corrected chi connectivity index (χ3v) is 7.40. The Kier molecular flexibility index (Phi) is 7.11. The molecular formula is C30H22N6O5S. The predicted octanol–water partition coefficient (Wildman–Crippen LogP) is 3.81. The molecule has 3 aromatic heterocycles. The molecule has 42 heavy (non-hydrogen) atoms. The second kappa shape index (κ2) is 11.2. The number of nitro groups is 1. The van der Waals surface area contributed by atoms with Gasteiger partial charge in [0, 0.05) is 29.8 Å². The maximum absolute atomic E-state index is 13.4. The van der Waals surface area contributed by atoms with Gasteiger partial charge >= 0.3 is 5.69 Å². The molecule has 0 N–H and O–H groups in total. The molecule has 12 heteroatoms. The van der Waals surface area contributed by atoms with Crippen LogP contribution in [0.3, 0.4) is 0 Å². The van der Waals surface area contributed by atoms with Crippen LogP contribution in [0.1, 0.15) is 23.7 Å². The summed E-state index contributed by atoms with van der Waals surface area (Å²) < 4.78 is 8.49. The molecule has 0 saturated carbocycles. The number of ether oxygens (including phenoxy) is 1. The highest BCUT2D eigenvalue weighted by Crippen LogP contribution is 2.33. The van der Waals surface area contributed by atoms with Crippen LogP contribution in [0, 0.1) is 10.1 Å². The lowest BCUT2D eigenvalue weighted by molar-refractivity contribution is -0.385. The number of aromatic nitrogens is 5. The first-order valence-corrected chi connectivity index (χ1v) is 13.8. The molecule has 0 bridgehead atoms. The van der Waals surface area contributed by atoms with Gasteiger partial charge in [-0.3, -0.25) is 19.7 Å². The van der Waals surface area contributed by atoms with E-state index in [1.807, 2.05) is 60.7 Å². The second-order valence-corrected chi connectivity index (χ2v) is 10.2. The summed E-state index contributed by atoms with van der Waals surface area (Å²) in [5, 5.41) is 20.9. The smallest absolute Gasteiger partial charge is 0.311 e. The van der Waals surface area contributed by atoms with Gasteiger partial charge in [-0.15, -0.1) is 0 Å². The first-order valence-electron chi connectivity index (χ1n) is 13.0. The largest absolute Gasteiger partial charge is 0.487 e. The van der Waals surface area contributed by atoms with E-state index in [0.717, 1.165) is 27.1 Å². The number of nitrogens with zero attached hydrogens (tertiary/aromatic N) is 6. The lowest BCUT2D eigenvalue weighted by atomic mass is 10.1. The number of rotatable bonds is 8.